The van der Waals surface area contributed by atoms with Crippen molar-refractivity contribution in [1.82, 2.24) is 15.0 Å². The average Bonchev–Trinajstić information content (AvgIpc) is 3.28. The summed E-state index contributed by atoms with van der Waals surface area (Å²) in [6, 6.07) is 13.0. The van der Waals surface area contributed by atoms with Crippen LogP contribution >= 0.6 is 11.6 Å². The molecule has 1 aliphatic heterocycles. The second-order valence-electron chi connectivity index (χ2n) is 7.74. The summed E-state index contributed by atoms with van der Waals surface area (Å²) in [4.78, 5) is 21.6. The van der Waals surface area contributed by atoms with Gasteiger partial charge < -0.3 is 24.4 Å². The maximum Gasteiger partial charge on any atom is 0.227 e. The van der Waals surface area contributed by atoms with Gasteiger partial charge in [-0.1, -0.05) is 16.8 Å². The van der Waals surface area contributed by atoms with Crippen molar-refractivity contribution in [2.75, 3.05) is 50.6 Å². The summed E-state index contributed by atoms with van der Waals surface area (Å²) in [6.07, 6.45) is 0.568. The standard InChI is InChI=1S/C23H26ClN5O3/c1-28-11-13-29(14-12-28)20-8-5-17(24)15-19(20)25-21(30)9-10-22-26-23(27-32-22)16-3-6-18(31-2)7-4-16/h3-8,15H,9-14H2,1-2H3,(H,25,30). The molecule has 1 amide bonds. The first-order chi connectivity index (χ1) is 15.5. The topological polar surface area (TPSA) is 83.7 Å². The van der Waals surface area contributed by atoms with Gasteiger partial charge in [0.1, 0.15) is 5.75 Å². The highest BCUT2D eigenvalue weighted by Gasteiger charge is 2.19. The molecule has 1 N–H and O–H groups in total. The molecule has 0 saturated carbocycles. The number of likely N-dealkylation sites (N-methyl/N-ethyl adjacent to an activating group) is 1. The van der Waals surface area contributed by atoms with E-state index in [0.29, 0.717) is 23.2 Å². The van der Waals surface area contributed by atoms with E-state index < -0.39 is 0 Å². The average molecular weight is 456 g/mol. The van der Waals surface area contributed by atoms with Gasteiger partial charge in [-0.3, -0.25) is 4.79 Å². The fourth-order valence-corrected chi connectivity index (χ4v) is 3.75. The Morgan fingerprint density at radius 2 is 1.91 bits per heavy atom. The van der Waals surface area contributed by atoms with E-state index >= 15 is 0 Å². The monoisotopic (exact) mass is 455 g/mol. The van der Waals surface area contributed by atoms with E-state index in [2.05, 4.69) is 32.3 Å². The number of rotatable bonds is 7. The van der Waals surface area contributed by atoms with Crippen molar-refractivity contribution in [2.45, 2.75) is 12.8 Å². The highest BCUT2D eigenvalue weighted by atomic mass is 35.5. The summed E-state index contributed by atoms with van der Waals surface area (Å²) in [6.45, 7) is 3.75. The van der Waals surface area contributed by atoms with Gasteiger partial charge in [-0.25, -0.2) is 0 Å². The highest BCUT2D eigenvalue weighted by Crippen LogP contribution is 2.30. The van der Waals surface area contributed by atoms with Gasteiger partial charge >= 0.3 is 0 Å². The van der Waals surface area contributed by atoms with Crippen molar-refractivity contribution in [3.05, 3.63) is 53.4 Å². The lowest BCUT2D eigenvalue weighted by atomic mass is 10.2. The van der Waals surface area contributed by atoms with Crippen molar-refractivity contribution in [3.8, 4) is 17.1 Å². The van der Waals surface area contributed by atoms with Gasteiger partial charge in [0, 0.05) is 49.6 Å². The first-order valence-corrected chi connectivity index (χ1v) is 10.9. The number of benzene rings is 2. The smallest absolute Gasteiger partial charge is 0.227 e. The van der Waals surface area contributed by atoms with Crippen molar-refractivity contribution in [2.24, 2.45) is 0 Å². The predicted octanol–water partition coefficient (Wildman–Crippen LogP) is 3.72. The SMILES string of the molecule is COc1ccc(-c2noc(CCC(=O)Nc3cc(Cl)ccc3N3CCN(C)CC3)n2)cc1. The Hall–Kier alpha value is -3.10. The number of hydrogen-bond acceptors (Lipinski definition) is 7. The number of aromatic nitrogens is 2. The molecule has 0 atom stereocenters. The number of hydrogen-bond donors (Lipinski definition) is 1. The number of halogens is 1. The molecule has 0 radical (unpaired) electrons. The molecule has 8 nitrogen and oxygen atoms in total. The molecule has 1 aromatic heterocycles. The molecule has 0 spiro atoms. The van der Waals surface area contributed by atoms with Crippen LogP contribution in [-0.4, -0.2) is 61.3 Å². The van der Waals surface area contributed by atoms with Crippen LogP contribution in [0.25, 0.3) is 11.4 Å². The zero-order valence-corrected chi connectivity index (χ0v) is 18.9. The van der Waals surface area contributed by atoms with E-state index in [-0.39, 0.29) is 12.3 Å². The third-order valence-corrected chi connectivity index (χ3v) is 5.69. The van der Waals surface area contributed by atoms with E-state index in [0.717, 1.165) is 48.9 Å². The number of methoxy groups -OCH3 is 1. The third kappa shape index (κ3) is 5.38. The largest absolute Gasteiger partial charge is 0.497 e. The minimum Gasteiger partial charge on any atom is -0.497 e. The summed E-state index contributed by atoms with van der Waals surface area (Å²) in [7, 11) is 3.73. The molecule has 168 valence electrons. The number of amides is 1. The molecule has 0 aliphatic carbocycles. The Balaban J connectivity index is 1.37. The van der Waals surface area contributed by atoms with Gasteiger partial charge in [0.2, 0.25) is 17.6 Å². The normalized spacial score (nSPS) is 14.4. The van der Waals surface area contributed by atoms with E-state index in [1.165, 1.54) is 0 Å². The van der Waals surface area contributed by atoms with E-state index in [9.17, 15) is 4.79 Å². The fourth-order valence-electron chi connectivity index (χ4n) is 3.58. The minimum absolute atomic E-state index is 0.133. The lowest BCUT2D eigenvalue weighted by Crippen LogP contribution is -2.44. The molecule has 3 aromatic rings. The molecule has 0 unspecified atom stereocenters. The maximum atomic E-state index is 12.6. The van der Waals surface area contributed by atoms with Crippen LogP contribution in [0.3, 0.4) is 0 Å². The first kappa shape index (κ1) is 22.1. The van der Waals surface area contributed by atoms with E-state index in [1.54, 1.807) is 13.2 Å². The molecule has 9 heteroatoms. The van der Waals surface area contributed by atoms with Gasteiger partial charge in [0.15, 0.2) is 0 Å². The lowest BCUT2D eigenvalue weighted by Gasteiger charge is -2.35. The lowest BCUT2D eigenvalue weighted by molar-refractivity contribution is -0.116. The summed E-state index contributed by atoms with van der Waals surface area (Å²) in [5, 5.41) is 7.59. The zero-order valence-electron chi connectivity index (χ0n) is 18.2. The van der Waals surface area contributed by atoms with Crippen LogP contribution in [0, 0.1) is 0 Å². The Labute approximate surface area is 192 Å². The zero-order chi connectivity index (χ0) is 22.5. The predicted molar refractivity (Wildman–Crippen MR) is 124 cm³/mol. The van der Waals surface area contributed by atoms with Crippen molar-refractivity contribution >= 4 is 28.9 Å². The second-order valence-corrected chi connectivity index (χ2v) is 8.18. The molecule has 32 heavy (non-hydrogen) atoms. The summed E-state index contributed by atoms with van der Waals surface area (Å²) >= 11 is 6.20. The molecule has 4 rings (SSSR count). The molecular formula is C23H26ClN5O3. The van der Waals surface area contributed by atoms with Crippen LogP contribution in [0.4, 0.5) is 11.4 Å². The summed E-state index contributed by atoms with van der Waals surface area (Å²) < 4.78 is 10.5. The van der Waals surface area contributed by atoms with Crippen LogP contribution in [0.1, 0.15) is 12.3 Å². The Morgan fingerprint density at radius 3 is 2.62 bits per heavy atom. The Bertz CT molecular complexity index is 1060. The molecule has 1 aliphatic rings. The van der Waals surface area contributed by atoms with E-state index in [4.69, 9.17) is 20.9 Å². The number of nitrogens with zero attached hydrogens (tertiary/aromatic N) is 4. The van der Waals surface area contributed by atoms with Crippen LogP contribution in [0.15, 0.2) is 47.0 Å². The quantitative estimate of drug-likeness (QED) is 0.581. The molecule has 0 bridgehead atoms. The van der Waals surface area contributed by atoms with Gasteiger partial charge in [-0.05, 0) is 49.5 Å². The second kappa shape index (κ2) is 10.0. The molecule has 2 aromatic carbocycles. The van der Waals surface area contributed by atoms with Crippen LogP contribution in [0.5, 0.6) is 5.75 Å². The number of carbonyl (C=O) groups is 1. The van der Waals surface area contributed by atoms with Crippen molar-refractivity contribution in [1.29, 1.82) is 0 Å². The third-order valence-electron chi connectivity index (χ3n) is 5.46. The Kier molecular flexibility index (Phi) is 6.92. The Morgan fingerprint density at radius 1 is 1.16 bits per heavy atom. The molecule has 1 fully saturated rings. The number of ether oxygens (including phenoxy) is 1. The van der Waals surface area contributed by atoms with E-state index in [1.807, 2.05) is 36.4 Å². The van der Waals surface area contributed by atoms with Crippen molar-refractivity contribution in [3.63, 3.8) is 0 Å². The van der Waals surface area contributed by atoms with Crippen LogP contribution in [-0.2, 0) is 11.2 Å². The van der Waals surface area contributed by atoms with Crippen LogP contribution in [0.2, 0.25) is 5.02 Å². The summed E-state index contributed by atoms with van der Waals surface area (Å²) in [5.41, 5.74) is 2.52. The minimum atomic E-state index is -0.133. The molecule has 1 saturated heterocycles. The number of anilines is 2. The number of piperazine rings is 1. The fraction of sp³-hybridized carbons (Fsp3) is 0.348. The number of aryl methyl sites for hydroxylation is 1. The van der Waals surface area contributed by atoms with Gasteiger partial charge in [-0.15, -0.1) is 0 Å². The highest BCUT2D eigenvalue weighted by molar-refractivity contribution is 6.31. The van der Waals surface area contributed by atoms with Crippen molar-refractivity contribution < 1.29 is 14.1 Å². The van der Waals surface area contributed by atoms with Gasteiger partial charge in [0.05, 0.1) is 18.5 Å². The summed E-state index contributed by atoms with van der Waals surface area (Å²) in [5.74, 6) is 1.52. The number of carbonyl (C=O) groups excluding carboxylic acids is 1. The van der Waals surface area contributed by atoms with Crippen LogP contribution < -0.4 is 15.0 Å². The van der Waals surface area contributed by atoms with Gasteiger partial charge in [0.25, 0.3) is 0 Å². The molecular weight excluding hydrogens is 430 g/mol. The molecule has 2 heterocycles. The maximum absolute atomic E-state index is 12.6. The van der Waals surface area contributed by atoms with Gasteiger partial charge in [-0.2, -0.15) is 4.98 Å². The number of nitrogens with one attached hydrogen (secondary N) is 1. The first-order valence-electron chi connectivity index (χ1n) is 10.5.